The average Bonchev–Trinajstić information content (AvgIpc) is 2.69. The smallest absolute Gasteiger partial charge is 0.309 e. The van der Waals surface area contributed by atoms with Crippen LogP contribution in [0.5, 0.6) is 0 Å². The highest BCUT2D eigenvalue weighted by molar-refractivity contribution is 5.80. The van der Waals surface area contributed by atoms with E-state index in [4.69, 9.17) is 0 Å². The molecule has 130 valence electrons. The van der Waals surface area contributed by atoms with Crippen molar-refractivity contribution < 1.29 is 23.5 Å². The van der Waals surface area contributed by atoms with Gasteiger partial charge >= 0.3 is 5.97 Å². The molecule has 4 fully saturated rings. The molecular weight excluding hydrogens is 304 g/mol. The van der Waals surface area contributed by atoms with Gasteiger partial charge in [-0.05, 0) is 51.4 Å². The lowest BCUT2D eigenvalue weighted by molar-refractivity contribution is -0.157. The Kier molecular flexibility index (Phi) is 4.13. The zero-order valence-electron chi connectivity index (χ0n) is 13.4. The first-order chi connectivity index (χ1) is 10.8. The summed E-state index contributed by atoms with van der Waals surface area (Å²) in [6, 6.07) is 0. The van der Waals surface area contributed by atoms with Gasteiger partial charge < -0.3 is 10.4 Å². The van der Waals surface area contributed by atoms with Crippen LogP contribution in [0.1, 0.15) is 70.6 Å². The summed E-state index contributed by atoms with van der Waals surface area (Å²) in [6.45, 7) is 0. The van der Waals surface area contributed by atoms with E-state index in [0.29, 0.717) is 57.8 Å². The third-order valence-corrected chi connectivity index (χ3v) is 6.35. The zero-order chi connectivity index (χ0) is 16.7. The van der Waals surface area contributed by atoms with Crippen LogP contribution < -0.4 is 5.32 Å². The molecule has 1 amide bonds. The molecule has 4 rings (SSSR count). The van der Waals surface area contributed by atoms with Gasteiger partial charge in [0.15, 0.2) is 0 Å². The number of halogens is 2. The third kappa shape index (κ3) is 3.22. The zero-order valence-corrected chi connectivity index (χ0v) is 13.4. The number of rotatable bonds is 3. The summed E-state index contributed by atoms with van der Waals surface area (Å²) in [5, 5.41) is 12.4. The number of aliphatic carboxylic acids is 1. The molecule has 4 aliphatic rings. The van der Waals surface area contributed by atoms with Gasteiger partial charge in [0.25, 0.3) is 0 Å². The molecule has 0 spiro atoms. The molecule has 23 heavy (non-hydrogen) atoms. The monoisotopic (exact) mass is 329 g/mol. The number of carboxylic acid groups (broad SMARTS) is 1. The number of fused-ring (bicyclic) bond motifs is 3. The predicted octanol–water partition coefficient (Wildman–Crippen LogP) is 3.50. The predicted molar refractivity (Wildman–Crippen MR) is 80.2 cm³/mol. The van der Waals surface area contributed by atoms with Crippen molar-refractivity contribution >= 4 is 11.9 Å². The maximum Gasteiger partial charge on any atom is 0.309 e. The summed E-state index contributed by atoms with van der Waals surface area (Å²) in [4.78, 5) is 24.0. The second-order valence-corrected chi connectivity index (χ2v) is 7.86. The molecule has 0 saturated heterocycles. The Labute approximate surface area is 135 Å². The summed E-state index contributed by atoms with van der Waals surface area (Å²) in [7, 11) is 0. The highest BCUT2D eigenvalue weighted by atomic mass is 19.3. The van der Waals surface area contributed by atoms with Crippen LogP contribution >= 0.6 is 0 Å². The first-order valence-corrected chi connectivity index (χ1v) is 8.69. The Morgan fingerprint density at radius 2 is 1.57 bits per heavy atom. The maximum absolute atomic E-state index is 13.7. The molecule has 2 N–H and O–H groups in total. The second-order valence-electron chi connectivity index (χ2n) is 7.86. The number of hydrogen-bond donors (Lipinski definition) is 2. The molecule has 0 aromatic carbocycles. The fourth-order valence-corrected chi connectivity index (χ4v) is 4.62. The van der Waals surface area contributed by atoms with Gasteiger partial charge in [0.2, 0.25) is 11.8 Å². The van der Waals surface area contributed by atoms with Gasteiger partial charge in [0.05, 0.1) is 5.41 Å². The highest BCUT2D eigenvalue weighted by Crippen LogP contribution is 2.52. The number of amides is 1. The van der Waals surface area contributed by atoms with E-state index in [9.17, 15) is 23.5 Å². The number of carboxylic acids is 1. The molecule has 4 nitrogen and oxygen atoms in total. The van der Waals surface area contributed by atoms with Crippen LogP contribution in [0.15, 0.2) is 0 Å². The molecule has 4 saturated carbocycles. The average molecular weight is 329 g/mol. The van der Waals surface area contributed by atoms with E-state index in [0.717, 1.165) is 0 Å². The molecule has 1 unspecified atom stereocenters. The van der Waals surface area contributed by atoms with Crippen LogP contribution in [0, 0.1) is 11.3 Å². The Hall–Kier alpha value is -1.20. The number of alkyl halides is 2. The molecule has 0 aliphatic heterocycles. The molecular formula is C17H25F2NO3. The number of carbonyl (C=O) groups is 2. The van der Waals surface area contributed by atoms with Crippen molar-refractivity contribution in [2.75, 3.05) is 0 Å². The number of carbonyl (C=O) groups excluding carboxylic acids is 1. The van der Waals surface area contributed by atoms with Crippen LogP contribution in [0.4, 0.5) is 8.78 Å². The fraction of sp³-hybridized carbons (Fsp3) is 0.882. The highest BCUT2D eigenvalue weighted by Gasteiger charge is 2.53. The fourth-order valence-electron chi connectivity index (χ4n) is 4.62. The summed E-state index contributed by atoms with van der Waals surface area (Å²) < 4.78 is 27.5. The van der Waals surface area contributed by atoms with Gasteiger partial charge in [0, 0.05) is 24.3 Å². The van der Waals surface area contributed by atoms with Crippen molar-refractivity contribution in [3.05, 3.63) is 0 Å². The Balaban J connectivity index is 1.64. The summed E-state index contributed by atoms with van der Waals surface area (Å²) in [5.41, 5.74) is -0.988. The summed E-state index contributed by atoms with van der Waals surface area (Å²) in [6.07, 6.45) is 4.85. The lowest BCUT2D eigenvalue weighted by Crippen LogP contribution is -2.59. The van der Waals surface area contributed by atoms with E-state index < -0.39 is 23.2 Å². The standard InChI is InChI=1S/C17H25F2NO3/c18-17(19)4-2-1-3-12(11-17)13(21)20-16-8-5-15(6-9-16,7-10-16)14(22)23/h12H,1-11H2,(H,20,21)(H,22,23). The maximum atomic E-state index is 13.7. The van der Waals surface area contributed by atoms with Crippen molar-refractivity contribution in [2.45, 2.75) is 82.1 Å². The molecule has 1 atom stereocenters. The van der Waals surface area contributed by atoms with Crippen LogP contribution in [-0.4, -0.2) is 28.4 Å². The molecule has 4 aliphatic carbocycles. The Morgan fingerprint density at radius 3 is 2.13 bits per heavy atom. The van der Waals surface area contributed by atoms with Gasteiger partial charge in [-0.15, -0.1) is 0 Å². The van der Waals surface area contributed by atoms with Crippen molar-refractivity contribution in [3.8, 4) is 0 Å². The molecule has 0 radical (unpaired) electrons. The Bertz CT molecular complexity index is 482. The number of hydrogen-bond acceptors (Lipinski definition) is 2. The van der Waals surface area contributed by atoms with Crippen molar-refractivity contribution in [3.63, 3.8) is 0 Å². The van der Waals surface area contributed by atoms with Gasteiger partial charge in [-0.25, -0.2) is 8.78 Å². The topological polar surface area (TPSA) is 66.4 Å². The van der Waals surface area contributed by atoms with E-state index in [1.165, 1.54) is 0 Å². The first kappa shape index (κ1) is 16.7. The minimum atomic E-state index is -2.74. The minimum Gasteiger partial charge on any atom is -0.481 e. The Morgan fingerprint density at radius 1 is 0.957 bits per heavy atom. The number of nitrogens with one attached hydrogen (secondary N) is 1. The van der Waals surface area contributed by atoms with Crippen LogP contribution in [-0.2, 0) is 9.59 Å². The van der Waals surface area contributed by atoms with Crippen LogP contribution in [0.25, 0.3) is 0 Å². The van der Waals surface area contributed by atoms with Gasteiger partial charge in [-0.1, -0.05) is 6.42 Å². The summed E-state index contributed by atoms with van der Waals surface area (Å²) >= 11 is 0. The molecule has 0 aromatic rings. The lowest BCUT2D eigenvalue weighted by Gasteiger charge is -2.51. The van der Waals surface area contributed by atoms with Crippen LogP contribution in [0.3, 0.4) is 0 Å². The SMILES string of the molecule is O=C(NC12CCC(C(=O)O)(CC1)CC2)C1CCCCC(F)(F)C1. The molecule has 6 heteroatoms. The van der Waals surface area contributed by atoms with E-state index in [1.807, 2.05) is 0 Å². The van der Waals surface area contributed by atoms with Crippen molar-refractivity contribution in [1.82, 2.24) is 5.32 Å². The second kappa shape index (κ2) is 5.71. The van der Waals surface area contributed by atoms with Gasteiger partial charge in [-0.3, -0.25) is 9.59 Å². The van der Waals surface area contributed by atoms with E-state index in [1.54, 1.807) is 0 Å². The summed E-state index contributed by atoms with van der Waals surface area (Å²) in [5.74, 6) is -4.35. The van der Waals surface area contributed by atoms with Crippen LogP contribution in [0.2, 0.25) is 0 Å². The molecule has 0 heterocycles. The van der Waals surface area contributed by atoms with Crippen molar-refractivity contribution in [2.24, 2.45) is 11.3 Å². The third-order valence-electron chi connectivity index (χ3n) is 6.35. The van der Waals surface area contributed by atoms with E-state index in [2.05, 4.69) is 5.32 Å². The lowest BCUT2D eigenvalue weighted by atomic mass is 9.57. The van der Waals surface area contributed by atoms with Gasteiger partial charge in [-0.2, -0.15) is 0 Å². The minimum absolute atomic E-state index is 0.122. The van der Waals surface area contributed by atoms with E-state index in [-0.39, 0.29) is 24.3 Å². The molecule has 2 bridgehead atoms. The van der Waals surface area contributed by atoms with Gasteiger partial charge in [0.1, 0.15) is 0 Å². The normalized spacial score (nSPS) is 39.5. The largest absolute Gasteiger partial charge is 0.481 e. The quantitative estimate of drug-likeness (QED) is 0.779. The van der Waals surface area contributed by atoms with E-state index >= 15 is 0 Å². The molecule has 0 aromatic heterocycles. The van der Waals surface area contributed by atoms with Crippen molar-refractivity contribution in [1.29, 1.82) is 0 Å². The first-order valence-electron chi connectivity index (χ1n) is 8.69.